The molecule has 0 aromatic carbocycles. The molecule has 0 radical (unpaired) electrons. The Morgan fingerprint density at radius 2 is 2.12 bits per heavy atom. The van der Waals surface area contributed by atoms with Gasteiger partial charge in [-0.15, -0.1) is 11.3 Å². The largest absolute Gasteiger partial charge is 0.475 e. The van der Waals surface area contributed by atoms with Crippen molar-refractivity contribution in [1.82, 2.24) is 15.0 Å². The molecule has 3 aromatic rings. The highest BCUT2D eigenvalue weighted by atomic mass is 32.1. The van der Waals surface area contributed by atoms with Gasteiger partial charge in [0.25, 0.3) is 5.91 Å². The summed E-state index contributed by atoms with van der Waals surface area (Å²) in [5.74, 6) is -0.0614. The van der Waals surface area contributed by atoms with Gasteiger partial charge in [0, 0.05) is 36.6 Å². The zero-order valence-electron chi connectivity index (χ0n) is 13.5. The summed E-state index contributed by atoms with van der Waals surface area (Å²) in [6.07, 6.45) is 5.00. The van der Waals surface area contributed by atoms with Crippen LogP contribution < -0.4 is 10.1 Å². The number of anilines is 1. The van der Waals surface area contributed by atoms with E-state index in [9.17, 15) is 4.79 Å². The SMILES string of the molecule is COCCOc1ncccc1C(=O)Nc1nc(-c2cccnc2)cs1. The van der Waals surface area contributed by atoms with Crippen molar-refractivity contribution in [2.24, 2.45) is 0 Å². The molecule has 3 aromatic heterocycles. The van der Waals surface area contributed by atoms with Crippen LogP contribution in [-0.2, 0) is 4.74 Å². The summed E-state index contributed by atoms with van der Waals surface area (Å²) in [5.41, 5.74) is 2.00. The number of thiazole rings is 1. The summed E-state index contributed by atoms with van der Waals surface area (Å²) in [6.45, 7) is 0.731. The molecule has 0 unspecified atom stereocenters. The molecule has 0 aliphatic heterocycles. The van der Waals surface area contributed by atoms with Gasteiger partial charge in [-0.2, -0.15) is 0 Å². The Kier molecular flexibility index (Phi) is 5.65. The van der Waals surface area contributed by atoms with Gasteiger partial charge in [-0.1, -0.05) is 0 Å². The highest BCUT2D eigenvalue weighted by Gasteiger charge is 2.15. The first kappa shape index (κ1) is 17.0. The van der Waals surface area contributed by atoms with Gasteiger partial charge in [0.2, 0.25) is 5.88 Å². The number of ether oxygens (including phenoxy) is 2. The number of rotatable bonds is 7. The Labute approximate surface area is 148 Å². The first-order valence-electron chi connectivity index (χ1n) is 7.52. The zero-order valence-corrected chi connectivity index (χ0v) is 14.3. The second-order valence-corrected chi connectivity index (χ2v) is 5.79. The minimum atomic E-state index is -0.326. The Hall–Kier alpha value is -2.84. The topological polar surface area (TPSA) is 86.2 Å². The molecule has 0 saturated carbocycles. The molecule has 1 amide bonds. The second kappa shape index (κ2) is 8.32. The molecule has 3 rings (SSSR count). The monoisotopic (exact) mass is 356 g/mol. The predicted molar refractivity (Wildman–Crippen MR) is 94.9 cm³/mol. The molecule has 1 N–H and O–H groups in total. The predicted octanol–water partition coefficient (Wildman–Crippen LogP) is 2.88. The lowest BCUT2D eigenvalue weighted by Crippen LogP contribution is -2.15. The van der Waals surface area contributed by atoms with Crippen molar-refractivity contribution in [3.8, 4) is 17.1 Å². The highest BCUT2D eigenvalue weighted by molar-refractivity contribution is 7.14. The van der Waals surface area contributed by atoms with Crippen molar-refractivity contribution in [3.63, 3.8) is 0 Å². The van der Waals surface area contributed by atoms with E-state index in [1.54, 1.807) is 37.8 Å². The number of methoxy groups -OCH3 is 1. The fraction of sp³-hybridized carbons (Fsp3) is 0.176. The van der Waals surface area contributed by atoms with Gasteiger partial charge in [0.15, 0.2) is 5.13 Å². The second-order valence-electron chi connectivity index (χ2n) is 4.93. The number of aromatic nitrogens is 3. The van der Waals surface area contributed by atoms with Crippen LogP contribution in [-0.4, -0.2) is 41.2 Å². The van der Waals surface area contributed by atoms with Crippen molar-refractivity contribution in [2.45, 2.75) is 0 Å². The molecule has 128 valence electrons. The number of nitrogens with zero attached hydrogens (tertiary/aromatic N) is 3. The smallest absolute Gasteiger partial charge is 0.262 e. The van der Waals surface area contributed by atoms with E-state index in [0.29, 0.717) is 23.9 Å². The average Bonchev–Trinajstić information content (AvgIpc) is 3.11. The van der Waals surface area contributed by atoms with E-state index in [1.165, 1.54) is 11.3 Å². The Bertz CT molecular complexity index is 839. The van der Waals surface area contributed by atoms with E-state index in [4.69, 9.17) is 9.47 Å². The lowest BCUT2D eigenvalue weighted by atomic mass is 10.2. The number of pyridine rings is 2. The van der Waals surface area contributed by atoms with Crippen LogP contribution in [0.4, 0.5) is 5.13 Å². The van der Waals surface area contributed by atoms with Crippen molar-refractivity contribution in [2.75, 3.05) is 25.6 Å². The minimum Gasteiger partial charge on any atom is -0.475 e. The molecule has 0 saturated heterocycles. The summed E-state index contributed by atoms with van der Waals surface area (Å²) >= 11 is 1.34. The molecule has 0 aliphatic carbocycles. The molecule has 8 heteroatoms. The van der Waals surface area contributed by atoms with Crippen LogP contribution in [0, 0.1) is 0 Å². The molecule has 0 bridgehead atoms. The summed E-state index contributed by atoms with van der Waals surface area (Å²) in [6, 6.07) is 7.09. The normalized spacial score (nSPS) is 10.4. The maximum Gasteiger partial charge on any atom is 0.262 e. The number of hydrogen-bond donors (Lipinski definition) is 1. The third-order valence-electron chi connectivity index (χ3n) is 3.22. The van der Waals surface area contributed by atoms with Crippen LogP contribution in [0.25, 0.3) is 11.3 Å². The van der Waals surface area contributed by atoms with Gasteiger partial charge < -0.3 is 9.47 Å². The molecule has 7 nitrogen and oxygen atoms in total. The van der Waals surface area contributed by atoms with Gasteiger partial charge in [0.05, 0.1) is 12.3 Å². The van der Waals surface area contributed by atoms with Gasteiger partial charge in [0.1, 0.15) is 12.2 Å². The molecule has 25 heavy (non-hydrogen) atoms. The zero-order chi connectivity index (χ0) is 17.5. The number of hydrogen-bond acceptors (Lipinski definition) is 7. The highest BCUT2D eigenvalue weighted by Crippen LogP contribution is 2.25. The fourth-order valence-corrected chi connectivity index (χ4v) is 2.76. The summed E-state index contributed by atoms with van der Waals surface area (Å²) in [5, 5.41) is 5.14. The third-order valence-corrected chi connectivity index (χ3v) is 3.98. The van der Waals surface area contributed by atoms with Crippen molar-refractivity contribution in [3.05, 3.63) is 53.8 Å². The Morgan fingerprint density at radius 1 is 1.24 bits per heavy atom. The minimum absolute atomic E-state index is 0.265. The van der Waals surface area contributed by atoms with Gasteiger partial charge in [-0.05, 0) is 24.3 Å². The van der Waals surface area contributed by atoms with Crippen LogP contribution in [0.2, 0.25) is 0 Å². The van der Waals surface area contributed by atoms with E-state index in [1.807, 2.05) is 17.5 Å². The lowest BCUT2D eigenvalue weighted by molar-refractivity contribution is 0.101. The first-order chi connectivity index (χ1) is 12.3. The Morgan fingerprint density at radius 3 is 2.92 bits per heavy atom. The number of amides is 1. The third kappa shape index (κ3) is 4.37. The van der Waals surface area contributed by atoms with Crippen LogP contribution in [0.5, 0.6) is 5.88 Å². The van der Waals surface area contributed by atoms with E-state index in [0.717, 1.165) is 11.3 Å². The number of carbonyl (C=O) groups is 1. The first-order valence-corrected chi connectivity index (χ1v) is 8.40. The summed E-state index contributed by atoms with van der Waals surface area (Å²) in [7, 11) is 1.58. The average molecular weight is 356 g/mol. The van der Waals surface area contributed by atoms with E-state index in [2.05, 4.69) is 20.3 Å². The molecular weight excluding hydrogens is 340 g/mol. The van der Waals surface area contributed by atoms with Crippen LogP contribution in [0.3, 0.4) is 0 Å². The maximum absolute atomic E-state index is 12.5. The van der Waals surface area contributed by atoms with Gasteiger partial charge in [-0.25, -0.2) is 9.97 Å². The van der Waals surface area contributed by atoms with Gasteiger partial charge >= 0.3 is 0 Å². The maximum atomic E-state index is 12.5. The van der Waals surface area contributed by atoms with Gasteiger partial charge in [-0.3, -0.25) is 15.1 Å². The van der Waals surface area contributed by atoms with Crippen molar-refractivity contribution < 1.29 is 14.3 Å². The quantitative estimate of drug-likeness (QED) is 0.655. The summed E-state index contributed by atoms with van der Waals surface area (Å²) < 4.78 is 10.4. The molecule has 0 aliphatic rings. The number of carbonyl (C=O) groups excluding carboxylic acids is 1. The number of nitrogens with one attached hydrogen (secondary N) is 1. The molecule has 0 atom stereocenters. The van der Waals surface area contributed by atoms with E-state index < -0.39 is 0 Å². The van der Waals surface area contributed by atoms with Crippen molar-refractivity contribution in [1.29, 1.82) is 0 Å². The van der Waals surface area contributed by atoms with Crippen LogP contribution >= 0.6 is 11.3 Å². The van der Waals surface area contributed by atoms with Crippen LogP contribution in [0.15, 0.2) is 48.2 Å². The van der Waals surface area contributed by atoms with E-state index in [-0.39, 0.29) is 11.8 Å². The molecular formula is C17H16N4O3S. The molecule has 0 fully saturated rings. The Balaban J connectivity index is 1.72. The fourth-order valence-electron chi connectivity index (χ4n) is 2.04. The van der Waals surface area contributed by atoms with Crippen molar-refractivity contribution >= 4 is 22.4 Å². The van der Waals surface area contributed by atoms with Crippen LogP contribution in [0.1, 0.15) is 10.4 Å². The standard InChI is InChI=1S/C17H16N4O3S/c1-23-8-9-24-16-13(5-3-7-19-16)15(22)21-17-20-14(11-25-17)12-4-2-6-18-10-12/h2-7,10-11H,8-9H2,1H3,(H,20,21,22). The summed E-state index contributed by atoms with van der Waals surface area (Å²) in [4.78, 5) is 25.1. The van der Waals surface area contributed by atoms with E-state index >= 15 is 0 Å². The molecule has 0 spiro atoms. The lowest BCUT2D eigenvalue weighted by Gasteiger charge is -2.09. The molecule has 3 heterocycles.